The second kappa shape index (κ2) is 7.73. The van der Waals surface area contributed by atoms with E-state index in [0.717, 1.165) is 5.56 Å². The third-order valence-electron chi connectivity index (χ3n) is 5.63. The molecule has 32 heavy (non-hydrogen) atoms. The summed E-state index contributed by atoms with van der Waals surface area (Å²) in [5, 5.41) is 10.8. The number of phenolic OH excluding ortho intramolecular Hbond substituents is 1. The van der Waals surface area contributed by atoms with Crippen LogP contribution >= 0.6 is 11.6 Å². The Balaban J connectivity index is 1.70. The molecule has 2 heterocycles. The molecule has 0 saturated heterocycles. The van der Waals surface area contributed by atoms with Gasteiger partial charge in [-0.2, -0.15) is 0 Å². The molecular formula is C25H18ClNO5. The molecule has 1 N–H and O–H groups in total. The zero-order chi connectivity index (χ0) is 22.4. The number of ether oxygens (including phenoxy) is 1. The lowest BCUT2D eigenvalue weighted by atomic mass is 9.98. The summed E-state index contributed by atoms with van der Waals surface area (Å²) in [5.41, 5.74) is 1.69. The fraction of sp³-hybridized carbons (Fsp3) is 0.120. The smallest absolute Gasteiger partial charge is 0.291 e. The van der Waals surface area contributed by atoms with Gasteiger partial charge in [0.25, 0.3) is 5.91 Å². The molecule has 0 unspecified atom stereocenters. The van der Waals surface area contributed by atoms with Crippen molar-refractivity contribution >= 4 is 28.5 Å². The van der Waals surface area contributed by atoms with E-state index in [1.165, 1.54) is 6.07 Å². The molecule has 7 heteroatoms. The topological polar surface area (TPSA) is 80.0 Å². The summed E-state index contributed by atoms with van der Waals surface area (Å²) in [7, 11) is 1.59. The van der Waals surface area contributed by atoms with Gasteiger partial charge in [0, 0.05) is 11.6 Å². The van der Waals surface area contributed by atoms with E-state index < -0.39 is 11.9 Å². The normalized spacial score (nSPS) is 15.2. The number of carbonyl (C=O) groups excluding carboxylic acids is 1. The fourth-order valence-corrected chi connectivity index (χ4v) is 4.30. The van der Waals surface area contributed by atoms with Gasteiger partial charge in [0.1, 0.15) is 17.1 Å². The van der Waals surface area contributed by atoms with Gasteiger partial charge in [0.15, 0.2) is 5.43 Å². The monoisotopic (exact) mass is 447 g/mol. The van der Waals surface area contributed by atoms with Gasteiger partial charge in [0.05, 0.1) is 24.1 Å². The number of methoxy groups -OCH3 is 1. The van der Waals surface area contributed by atoms with E-state index in [1.807, 2.05) is 24.3 Å². The number of hydrogen-bond donors (Lipinski definition) is 1. The second-order valence-electron chi connectivity index (χ2n) is 7.59. The SMILES string of the molecule is COc1ccc(CN2C(=O)c3oc4ccc(Cl)cc4c(=O)c3[C@@H]2c2cccc(O)c2)cc1. The summed E-state index contributed by atoms with van der Waals surface area (Å²) in [6.07, 6.45) is 0. The van der Waals surface area contributed by atoms with Crippen LogP contribution in [0.2, 0.25) is 5.02 Å². The van der Waals surface area contributed by atoms with Crippen LogP contribution < -0.4 is 10.2 Å². The van der Waals surface area contributed by atoms with Gasteiger partial charge in [-0.05, 0) is 53.6 Å². The van der Waals surface area contributed by atoms with Crippen molar-refractivity contribution in [3.05, 3.63) is 104 Å². The molecule has 0 spiro atoms. The lowest BCUT2D eigenvalue weighted by Crippen LogP contribution is -2.29. The standard InChI is InChI=1S/C25H18ClNO5/c1-31-18-8-5-14(6-9-18)13-27-22(15-3-2-4-17(28)11-15)21-23(29)19-12-16(26)7-10-20(19)32-24(21)25(27)30/h2-12,22,28H,13H2,1H3/t22-/m0/s1. The van der Waals surface area contributed by atoms with Gasteiger partial charge in [-0.15, -0.1) is 0 Å². The van der Waals surface area contributed by atoms with Gasteiger partial charge >= 0.3 is 0 Å². The van der Waals surface area contributed by atoms with E-state index in [9.17, 15) is 14.7 Å². The van der Waals surface area contributed by atoms with Crippen molar-refractivity contribution in [2.45, 2.75) is 12.6 Å². The summed E-state index contributed by atoms with van der Waals surface area (Å²) < 4.78 is 11.1. The number of carbonyl (C=O) groups is 1. The molecule has 1 aromatic heterocycles. The molecule has 5 rings (SSSR count). The van der Waals surface area contributed by atoms with Crippen molar-refractivity contribution < 1.29 is 19.1 Å². The highest BCUT2D eigenvalue weighted by atomic mass is 35.5. The maximum Gasteiger partial charge on any atom is 0.291 e. The predicted octanol–water partition coefficient (Wildman–Crippen LogP) is 4.91. The molecule has 0 aliphatic carbocycles. The molecule has 0 radical (unpaired) electrons. The summed E-state index contributed by atoms with van der Waals surface area (Å²) in [4.78, 5) is 28.5. The van der Waals surface area contributed by atoms with E-state index in [2.05, 4.69) is 0 Å². The molecule has 1 aliphatic heterocycles. The molecule has 0 saturated carbocycles. The Morgan fingerprint density at radius 3 is 2.56 bits per heavy atom. The van der Waals surface area contributed by atoms with Crippen LogP contribution in [0.25, 0.3) is 11.0 Å². The zero-order valence-electron chi connectivity index (χ0n) is 17.0. The zero-order valence-corrected chi connectivity index (χ0v) is 17.8. The van der Waals surface area contributed by atoms with Crippen molar-refractivity contribution in [3.63, 3.8) is 0 Å². The average molecular weight is 448 g/mol. The third-order valence-corrected chi connectivity index (χ3v) is 5.86. The number of benzene rings is 3. The Morgan fingerprint density at radius 1 is 1.06 bits per heavy atom. The van der Waals surface area contributed by atoms with Crippen LogP contribution in [0.4, 0.5) is 0 Å². The van der Waals surface area contributed by atoms with Gasteiger partial charge in [-0.3, -0.25) is 9.59 Å². The molecule has 1 atom stereocenters. The van der Waals surface area contributed by atoms with Gasteiger partial charge in [0.2, 0.25) is 5.76 Å². The maximum atomic E-state index is 13.5. The number of aromatic hydroxyl groups is 1. The molecule has 3 aromatic carbocycles. The van der Waals surface area contributed by atoms with Crippen LogP contribution in [0.5, 0.6) is 11.5 Å². The molecule has 0 fully saturated rings. The van der Waals surface area contributed by atoms with Gasteiger partial charge in [-0.1, -0.05) is 35.9 Å². The Labute approximate surface area is 188 Å². The number of fused-ring (bicyclic) bond motifs is 2. The van der Waals surface area contributed by atoms with E-state index in [4.69, 9.17) is 20.8 Å². The molecule has 0 bridgehead atoms. The summed E-state index contributed by atoms with van der Waals surface area (Å²) >= 11 is 6.10. The van der Waals surface area contributed by atoms with Crippen LogP contribution in [0, 0.1) is 0 Å². The summed E-state index contributed by atoms with van der Waals surface area (Å²) in [6.45, 7) is 0.240. The third kappa shape index (κ3) is 3.29. The first-order valence-corrected chi connectivity index (χ1v) is 10.3. The first kappa shape index (κ1) is 20.2. The number of amides is 1. The van der Waals surface area contributed by atoms with Crippen molar-refractivity contribution in [3.8, 4) is 11.5 Å². The Morgan fingerprint density at radius 2 is 1.84 bits per heavy atom. The maximum absolute atomic E-state index is 13.5. The number of nitrogens with zero attached hydrogens (tertiary/aromatic N) is 1. The van der Waals surface area contributed by atoms with E-state index in [0.29, 0.717) is 27.3 Å². The number of rotatable bonds is 4. The van der Waals surface area contributed by atoms with Gasteiger partial charge < -0.3 is 19.2 Å². The minimum Gasteiger partial charge on any atom is -0.508 e. The van der Waals surface area contributed by atoms with E-state index in [1.54, 1.807) is 48.4 Å². The molecule has 6 nitrogen and oxygen atoms in total. The average Bonchev–Trinajstić information content (AvgIpc) is 3.07. The summed E-state index contributed by atoms with van der Waals surface area (Å²) in [5.74, 6) is 0.361. The first-order valence-electron chi connectivity index (χ1n) is 9.95. The van der Waals surface area contributed by atoms with E-state index in [-0.39, 0.29) is 29.0 Å². The number of halogens is 1. The molecule has 4 aromatic rings. The quantitative estimate of drug-likeness (QED) is 0.481. The molecule has 1 aliphatic rings. The Kier molecular flexibility index (Phi) is 4.87. The van der Waals surface area contributed by atoms with Crippen molar-refractivity contribution in [1.82, 2.24) is 4.90 Å². The van der Waals surface area contributed by atoms with Crippen molar-refractivity contribution in [2.75, 3.05) is 7.11 Å². The van der Waals surface area contributed by atoms with Crippen molar-refractivity contribution in [2.24, 2.45) is 0 Å². The minimum atomic E-state index is -0.716. The predicted molar refractivity (Wildman–Crippen MR) is 120 cm³/mol. The number of phenols is 1. The van der Waals surface area contributed by atoms with Crippen LogP contribution in [-0.4, -0.2) is 23.0 Å². The lowest BCUT2D eigenvalue weighted by Gasteiger charge is -2.25. The molecular weight excluding hydrogens is 430 g/mol. The largest absolute Gasteiger partial charge is 0.508 e. The number of hydrogen-bond acceptors (Lipinski definition) is 5. The lowest BCUT2D eigenvalue weighted by molar-refractivity contribution is 0.0714. The Bertz CT molecular complexity index is 1410. The van der Waals surface area contributed by atoms with Crippen LogP contribution in [0.1, 0.15) is 33.3 Å². The van der Waals surface area contributed by atoms with E-state index >= 15 is 0 Å². The highest BCUT2D eigenvalue weighted by Gasteiger charge is 2.42. The van der Waals surface area contributed by atoms with Gasteiger partial charge in [-0.25, -0.2) is 0 Å². The van der Waals surface area contributed by atoms with Crippen molar-refractivity contribution in [1.29, 1.82) is 0 Å². The second-order valence-corrected chi connectivity index (χ2v) is 8.03. The van der Waals surface area contributed by atoms with Crippen LogP contribution in [0.3, 0.4) is 0 Å². The van der Waals surface area contributed by atoms with Crippen LogP contribution in [-0.2, 0) is 6.54 Å². The fourth-order valence-electron chi connectivity index (χ4n) is 4.12. The first-order chi connectivity index (χ1) is 15.5. The van der Waals surface area contributed by atoms with Crippen LogP contribution in [0.15, 0.2) is 75.9 Å². The molecule has 1 amide bonds. The molecule has 160 valence electrons. The summed E-state index contributed by atoms with van der Waals surface area (Å²) in [6, 6.07) is 17.9. The highest BCUT2D eigenvalue weighted by molar-refractivity contribution is 6.31. The minimum absolute atomic E-state index is 0.00618. The highest BCUT2D eigenvalue weighted by Crippen LogP contribution is 2.40. The Hall–Kier alpha value is -3.77.